The summed E-state index contributed by atoms with van der Waals surface area (Å²) in [4.78, 5) is 23.5. The Morgan fingerprint density at radius 3 is 2.50 bits per heavy atom. The van der Waals surface area contributed by atoms with Crippen molar-refractivity contribution in [3.05, 3.63) is 29.3 Å². The number of ketones is 2. The summed E-state index contributed by atoms with van der Waals surface area (Å²) in [5.41, 5.74) is 1.70. The molecular weight excluding hydrogens is 228 g/mol. The van der Waals surface area contributed by atoms with Gasteiger partial charge in [-0.15, -0.1) is 0 Å². The highest BCUT2D eigenvalue weighted by Gasteiger charge is 2.25. The number of carbonyl (C=O) groups is 2. The first-order chi connectivity index (χ1) is 8.61. The number of carbonyl (C=O) groups excluding carboxylic acids is 2. The standard InChI is InChI=1S/C15H18O3/c1-10-9-12(5-8-14(10)18-2)15(17)11-3-6-13(16)7-4-11/h5,8-9,11H,3-4,6-7H2,1-2H3. The zero-order valence-corrected chi connectivity index (χ0v) is 10.9. The van der Waals surface area contributed by atoms with Crippen molar-refractivity contribution in [2.24, 2.45) is 5.92 Å². The maximum atomic E-state index is 12.3. The molecule has 0 radical (unpaired) electrons. The molecule has 0 atom stereocenters. The summed E-state index contributed by atoms with van der Waals surface area (Å²) >= 11 is 0. The van der Waals surface area contributed by atoms with Crippen LogP contribution in [-0.2, 0) is 4.79 Å². The summed E-state index contributed by atoms with van der Waals surface area (Å²) in [5.74, 6) is 1.25. The van der Waals surface area contributed by atoms with E-state index in [1.165, 1.54) is 0 Å². The molecule has 0 spiro atoms. The Bertz CT molecular complexity index is 467. The molecule has 0 aromatic heterocycles. The molecule has 0 saturated heterocycles. The van der Waals surface area contributed by atoms with Crippen molar-refractivity contribution in [2.45, 2.75) is 32.6 Å². The third kappa shape index (κ3) is 2.61. The van der Waals surface area contributed by atoms with E-state index in [1.54, 1.807) is 7.11 Å². The van der Waals surface area contributed by atoms with Crippen LogP contribution in [0.1, 0.15) is 41.6 Å². The average Bonchev–Trinajstić information content (AvgIpc) is 2.38. The van der Waals surface area contributed by atoms with Gasteiger partial charge in [0.1, 0.15) is 11.5 Å². The van der Waals surface area contributed by atoms with Gasteiger partial charge < -0.3 is 4.74 Å². The zero-order valence-electron chi connectivity index (χ0n) is 10.9. The molecule has 0 aliphatic heterocycles. The van der Waals surface area contributed by atoms with Gasteiger partial charge in [0.25, 0.3) is 0 Å². The molecule has 1 aliphatic rings. The summed E-state index contributed by atoms with van der Waals surface area (Å²) in [6.45, 7) is 1.93. The molecule has 18 heavy (non-hydrogen) atoms. The Labute approximate surface area is 107 Å². The van der Waals surface area contributed by atoms with Crippen LogP contribution in [0.25, 0.3) is 0 Å². The van der Waals surface area contributed by atoms with Crippen LogP contribution in [0.5, 0.6) is 5.75 Å². The largest absolute Gasteiger partial charge is 0.496 e. The fourth-order valence-corrected chi connectivity index (χ4v) is 2.47. The first kappa shape index (κ1) is 12.8. The van der Waals surface area contributed by atoms with Gasteiger partial charge in [-0.25, -0.2) is 0 Å². The monoisotopic (exact) mass is 246 g/mol. The van der Waals surface area contributed by atoms with Crippen LogP contribution in [0.15, 0.2) is 18.2 Å². The van der Waals surface area contributed by atoms with E-state index in [2.05, 4.69) is 0 Å². The van der Waals surface area contributed by atoms with Gasteiger partial charge in [0, 0.05) is 24.3 Å². The van der Waals surface area contributed by atoms with Gasteiger partial charge in [-0.3, -0.25) is 9.59 Å². The lowest BCUT2D eigenvalue weighted by molar-refractivity contribution is -0.120. The Morgan fingerprint density at radius 2 is 1.94 bits per heavy atom. The number of aryl methyl sites for hydroxylation is 1. The van der Waals surface area contributed by atoms with Gasteiger partial charge in [0.05, 0.1) is 7.11 Å². The summed E-state index contributed by atoms with van der Waals surface area (Å²) in [7, 11) is 1.62. The van der Waals surface area contributed by atoms with Crippen LogP contribution in [-0.4, -0.2) is 18.7 Å². The van der Waals surface area contributed by atoms with Crippen molar-refractivity contribution in [1.29, 1.82) is 0 Å². The smallest absolute Gasteiger partial charge is 0.165 e. The van der Waals surface area contributed by atoms with E-state index in [1.807, 2.05) is 25.1 Å². The van der Waals surface area contributed by atoms with Crippen molar-refractivity contribution in [3.8, 4) is 5.75 Å². The molecule has 0 heterocycles. The molecule has 0 amide bonds. The Balaban J connectivity index is 2.13. The predicted molar refractivity (Wildman–Crippen MR) is 69.0 cm³/mol. The van der Waals surface area contributed by atoms with Crippen LogP contribution in [0, 0.1) is 12.8 Å². The minimum Gasteiger partial charge on any atom is -0.496 e. The molecule has 1 fully saturated rings. The van der Waals surface area contributed by atoms with Crippen molar-refractivity contribution >= 4 is 11.6 Å². The van der Waals surface area contributed by atoms with E-state index in [-0.39, 0.29) is 17.5 Å². The first-order valence-electron chi connectivity index (χ1n) is 6.32. The average molecular weight is 246 g/mol. The van der Waals surface area contributed by atoms with Crippen molar-refractivity contribution in [2.75, 3.05) is 7.11 Å². The second kappa shape index (κ2) is 5.34. The molecule has 96 valence electrons. The van der Waals surface area contributed by atoms with E-state index >= 15 is 0 Å². The van der Waals surface area contributed by atoms with Gasteiger partial charge in [-0.05, 0) is 43.5 Å². The lowest BCUT2D eigenvalue weighted by atomic mass is 9.83. The highest BCUT2D eigenvalue weighted by molar-refractivity contribution is 5.99. The number of rotatable bonds is 3. The van der Waals surface area contributed by atoms with Crippen LogP contribution >= 0.6 is 0 Å². The number of Topliss-reactive ketones (excluding diaryl/α,β-unsaturated/α-hetero) is 2. The van der Waals surface area contributed by atoms with E-state index in [4.69, 9.17) is 4.74 Å². The number of hydrogen-bond acceptors (Lipinski definition) is 3. The first-order valence-corrected chi connectivity index (χ1v) is 6.32. The van der Waals surface area contributed by atoms with E-state index in [0.29, 0.717) is 25.7 Å². The predicted octanol–water partition coefficient (Wildman–Crippen LogP) is 2.95. The van der Waals surface area contributed by atoms with Crippen LogP contribution in [0.2, 0.25) is 0 Å². The van der Waals surface area contributed by atoms with E-state index in [9.17, 15) is 9.59 Å². The molecule has 3 nitrogen and oxygen atoms in total. The summed E-state index contributed by atoms with van der Waals surface area (Å²) < 4.78 is 5.18. The van der Waals surface area contributed by atoms with Gasteiger partial charge in [-0.2, -0.15) is 0 Å². The van der Waals surface area contributed by atoms with Gasteiger partial charge in [-0.1, -0.05) is 0 Å². The fourth-order valence-electron chi connectivity index (χ4n) is 2.47. The molecule has 1 aromatic carbocycles. The normalized spacial score (nSPS) is 16.7. The summed E-state index contributed by atoms with van der Waals surface area (Å²) in [5, 5.41) is 0. The second-order valence-corrected chi connectivity index (χ2v) is 4.86. The van der Waals surface area contributed by atoms with Gasteiger partial charge >= 0.3 is 0 Å². The summed E-state index contributed by atoms with van der Waals surface area (Å²) in [6, 6.07) is 5.51. The molecule has 0 N–H and O–H groups in total. The molecular formula is C15H18O3. The van der Waals surface area contributed by atoms with E-state index in [0.717, 1.165) is 16.9 Å². The minimum atomic E-state index is 0.00972. The van der Waals surface area contributed by atoms with Crippen LogP contribution in [0.3, 0.4) is 0 Å². The van der Waals surface area contributed by atoms with Crippen molar-refractivity contribution < 1.29 is 14.3 Å². The molecule has 0 unspecified atom stereocenters. The molecule has 1 saturated carbocycles. The SMILES string of the molecule is COc1ccc(C(=O)C2CCC(=O)CC2)cc1C. The molecule has 1 aromatic rings. The van der Waals surface area contributed by atoms with Gasteiger partial charge in [0.2, 0.25) is 0 Å². The fraction of sp³-hybridized carbons (Fsp3) is 0.467. The molecule has 3 heteroatoms. The van der Waals surface area contributed by atoms with Crippen LogP contribution < -0.4 is 4.74 Å². The lowest BCUT2D eigenvalue weighted by Gasteiger charge is -2.20. The third-order valence-corrected chi connectivity index (χ3v) is 3.59. The number of ether oxygens (including phenoxy) is 1. The third-order valence-electron chi connectivity index (χ3n) is 3.59. The Morgan fingerprint density at radius 1 is 1.28 bits per heavy atom. The van der Waals surface area contributed by atoms with E-state index < -0.39 is 0 Å². The van der Waals surface area contributed by atoms with Crippen molar-refractivity contribution in [3.63, 3.8) is 0 Å². The number of methoxy groups -OCH3 is 1. The molecule has 1 aliphatic carbocycles. The highest BCUT2D eigenvalue weighted by Crippen LogP contribution is 2.27. The maximum Gasteiger partial charge on any atom is 0.165 e. The number of benzene rings is 1. The molecule has 2 rings (SSSR count). The quantitative estimate of drug-likeness (QED) is 0.770. The second-order valence-electron chi connectivity index (χ2n) is 4.86. The van der Waals surface area contributed by atoms with Crippen molar-refractivity contribution in [1.82, 2.24) is 0 Å². The number of hydrogen-bond donors (Lipinski definition) is 0. The minimum absolute atomic E-state index is 0.00972. The maximum absolute atomic E-state index is 12.3. The lowest BCUT2D eigenvalue weighted by Crippen LogP contribution is -2.21. The van der Waals surface area contributed by atoms with Gasteiger partial charge in [0.15, 0.2) is 5.78 Å². The summed E-state index contributed by atoms with van der Waals surface area (Å²) in [6.07, 6.45) is 2.49. The topological polar surface area (TPSA) is 43.4 Å². The Hall–Kier alpha value is -1.64. The zero-order chi connectivity index (χ0) is 13.1. The van der Waals surface area contributed by atoms with Crippen LogP contribution in [0.4, 0.5) is 0 Å². The Kier molecular flexibility index (Phi) is 3.80. The molecule has 0 bridgehead atoms. The highest BCUT2D eigenvalue weighted by atomic mass is 16.5.